The Morgan fingerprint density at radius 3 is 2.67 bits per heavy atom. The van der Waals surface area contributed by atoms with Gasteiger partial charge < -0.3 is 5.32 Å². The molecular weight excluding hydrogens is 282 g/mol. The first-order valence-electron chi connectivity index (χ1n) is 7.41. The molecule has 0 aromatic carbocycles. The average Bonchev–Trinajstić information content (AvgIpc) is 2.85. The molecule has 5 nitrogen and oxygen atoms in total. The zero-order valence-corrected chi connectivity index (χ0v) is 13.4. The van der Waals surface area contributed by atoms with Gasteiger partial charge in [-0.15, -0.1) is 10.2 Å². The van der Waals surface area contributed by atoms with Gasteiger partial charge in [-0.3, -0.25) is 0 Å². The highest BCUT2D eigenvalue weighted by molar-refractivity contribution is 7.99. The van der Waals surface area contributed by atoms with Crippen molar-refractivity contribution in [3.63, 3.8) is 0 Å². The van der Waals surface area contributed by atoms with E-state index in [1.165, 1.54) is 24.3 Å². The first-order chi connectivity index (χ1) is 10.2. The summed E-state index contributed by atoms with van der Waals surface area (Å²) in [6, 6.07) is 5.98. The largest absolute Gasteiger partial charge is 0.368 e. The molecule has 1 N–H and O–H groups in total. The van der Waals surface area contributed by atoms with Crippen LogP contribution in [0.3, 0.4) is 0 Å². The molecule has 0 aliphatic carbocycles. The molecule has 0 amide bonds. The molecular formula is C15H21N5S. The molecule has 0 bridgehead atoms. The molecule has 0 radical (unpaired) electrons. The van der Waals surface area contributed by atoms with Gasteiger partial charge in [0.1, 0.15) is 5.82 Å². The van der Waals surface area contributed by atoms with Crippen LogP contribution in [0.2, 0.25) is 0 Å². The van der Waals surface area contributed by atoms with E-state index in [0.717, 1.165) is 35.5 Å². The fourth-order valence-corrected chi connectivity index (χ4v) is 3.80. The van der Waals surface area contributed by atoms with Crippen molar-refractivity contribution >= 4 is 17.6 Å². The molecule has 1 fully saturated rings. The van der Waals surface area contributed by atoms with E-state index in [-0.39, 0.29) is 0 Å². The minimum atomic E-state index is 0.764. The van der Waals surface area contributed by atoms with Gasteiger partial charge in [-0.2, -0.15) is 16.9 Å². The van der Waals surface area contributed by atoms with Crippen LogP contribution in [0.25, 0.3) is 5.82 Å². The minimum Gasteiger partial charge on any atom is -0.368 e. The van der Waals surface area contributed by atoms with Crippen LogP contribution >= 0.6 is 11.8 Å². The summed E-state index contributed by atoms with van der Waals surface area (Å²) in [6.07, 6.45) is 2.60. The molecule has 0 saturated carbocycles. The van der Waals surface area contributed by atoms with Gasteiger partial charge in [0, 0.05) is 12.2 Å². The maximum Gasteiger partial charge on any atom is 0.176 e. The van der Waals surface area contributed by atoms with E-state index in [9.17, 15) is 0 Å². The Morgan fingerprint density at radius 1 is 1.24 bits per heavy atom. The van der Waals surface area contributed by atoms with Crippen molar-refractivity contribution in [1.29, 1.82) is 0 Å². The maximum absolute atomic E-state index is 4.42. The third-order valence-corrected chi connectivity index (χ3v) is 4.84. The number of aryl methyl sites for hydroxylation is 2. The number of hydrogen-bond donors (Lipinski definition) is 1. The number of aromatic nitrogens is 4. The van der Waals surface area contributed by atoms with E-state index in [2.05, 4.69) is 32.4 Å². The highest BCUT2D eigenvalue weighted by atomic mass is 32.2. The van der Waals surface area contributed by atoms with Crippen LogP contribution in [0.1, 0.15) is 24.2 Å². The van der Waals surface area contributed by atoms with Crippen molar-refractivity contribution < 1.29 is 0 Å². The summed E-state index contributed by atoms with van der Waals surface area (Å²) in [5.74, 6) is 4.95. The van der Waals surface area contributed by atoms with Gasteiger partial charge in [0.25, 0.3) is 0 Å². The summed E-state index contributed by atoms with van der Waals surface area (Å²) < 4.78 is 1.82. The summed E-state index contributed by atoms with van der Waals surface area (Å²) in [4.78, 5) is 0. The number of hydrogen-bond acceptors (Lipinski definition) is 5. The zero-order chi connectivity index (χ0) is 14.7. The second kappa shape index (κ2) is 6.47. The van der Waals surface area contributed by atoms with E-state index >= 15 is 0 Å². The van der Waals surface area contributed by atoms with Crippen molar-refractivity contribution in [3.05, 3.63) is 29.6 Å². The van der Waals surface area contributed by atoms with Crippen molar-refractivity contribution in [3.8, 4) is 5.82 Å². The Labute approximate surface area is 129 Å². The maximum atomic E-state index is 4.42. The van der Waals surface area contributed by atoms with Gasteiger partial charge in [-0.05, 0) is 62.3 Å². The second-order valence-corrected chi connectivity index (χ2v) is 6.78. The third kappa shape index (κ3) is 3.56. The molecule has 6 heteroatoms. The third-order valence-electron chi connectivity index (χ3n) is 3.79. The number of nitrogens with one attached hydrogen (secondary N) is 1. The topological polar surface area (TPSA) is 55.6 Å². The van der Waals surface area contributed by atoms with Crippen LogP contribution in [0.4, 0.5) is 5.82 Å². The van der Waals surface area contributed by atoms with Crippen LogP contribution in [0, 0.1) is 19.8 Å². The molecule has 1 saturated heterocycles. The minimum absolute atomic E-state index is 0.764. The Hall–Kier alpha value is -1.56. The molecule has 2 aromatic rings. The highest BCUT2D eigenvalue weighted by Gasteiger charge is 2.13. The molecule has 112 valence electrons. The quantitative estimate of drug-likeness (QED) is 0.941. The fourth-order valence-electron chi connectivity index (χ4n) is 2.59. The van der Waals surface area contributed by atoms with Gasteiger partial charge in [-0.1, -0.05) is 0 Å². The van der Waals surface area contributed by atoms with E-state index in [1.54, 1.807) is 0 Å². The number of thioether (sulfide) groups is 1. The number of nitrogens with zero attached hydrogens (tertiary/aromatic N) is 4. The second-order valence-electron chi connectivity index (χ2n) is 5.55. The lowest BCUT2D eigenvalue weighted by Crippen LogP contribution is -2.19. The monoisotopic (exact) mass is 303 g/mol. The van der Waals surface area contributed by atoms with Gasteiger partial charge >= 0.3 is 0 Å². The Morgan fingerprint density at radius 2 is 2.05 bits per heavy atom. The molecule has 0 spiro atoms. The summed E-state index contributed by atoms with van der Waals surface area (Å²) in [6.45, 7) is 5.00. The predicted molar refractivity (Wildman–Crippen MR) is 87.2 cm³/mol. The average molecular weight is 303 g/mol. The van der Waals surface area contributed by atoms with Crippen molar-refractivity contribution in [2.24, 2.45) is 5.92 Å². The molecule has 2 aromatic heterocycles. The molecule has 0 atom stereocenters. The Balaban J connectivity index is 1.62. The molecule has 1 aliphatic heterocycles. The van der Waals surface area contributed by atoms with Gasteiger partial charge in [0.15, 0.2) is 5.82 Å². The highest BCUT2D eigenvalue weighted by Crippen LogP contribution is 2.22. The molecule has 1 aliphatic rings. The van der Waals surface area contributed by atoms with Crippen molar-refractivity contribution in [1.82, 2.24) is 20.0 Å². The van der Waals surface area contributed by atoms with E-state index in [4.69, 9.17) is 0 Å². The van der Waals surface area contributed by atoms with Crippen molar-refractivity contribution in [2.45, 2.75) is 26.7 Å². The van der Waals surface area contributed by atoms with Crippen LogP contribution in [0.5, 0.6) is 0 Å². The molecule has 21 heavy (non-hydrogen) atoms. The molecule has 3 rings (SSSR count). The van der Waals surface area contributed by atoms with Crippen LogP contribution < -0.4 is 5.32 Å². The van der Waals surface area contributed by atoms with Crippen LogP contribution in [0.15, 0.2) is 18.2 Å². The standard InChI is InChI=1S/C15H21N5S/c1-11-9-12(2)20(19-11)15-4-3-14(17-18-15)16-10-13-5-7-21-8-6-13/h3-4,9,13H,5-8,10H2,1-2H3,(H,16,17). The van der Waals surface area contributed by atoms with Gasteiger partial charge in [0.05, 0.1) is 5.69 Å². The summed E-state index contributed by atoms with van der Waals surface area (Å²) in [7, 11) is 0. The smallest absolute Gasteiger partial charge is 0.176 e. The first-order valence-corrected chi connectivity index (χ1v) is 8.57. The Kier molecular flexibility index (Phi) is 4.43. The normalized spacial score (nSPS) is 16.1. The number of rotatable bonds is 4. The SMILES string of the molecule is Cc1cc(C)n(-c2ccc(NCC3CCSCC3)nn2)n1. The summed E-state index contributed by atoms with van der Waals surface area (Å²) in [5.41, 5.74) is 2.06. The molecule has 3 heterocycles. The Bertz CT molecular complexity index is 587. The first kappa shape index (κ1) is 14.4. The fraction of sp³-hybridized carbons (Fsp3) is 0.533. The lowest BCUT2D eigenvalue weighted by atomic mass is 10.0. The van der Waals surface area contributed by atoms with Crippen LogP contribution in [-0.2, 0) is 0 Å². The van der Waals surface area contributed by atoms with E-state index in [0.29, 0.717) is 0 Å². The summed E-state index contributed by atoms with van der Waals surface area (Å²) in [5, 5.41) is 16.4. The van der Waals surface area contributed by atoms with E-state index < -0.39 is 0 Å². The predicted octanol–water partition coefficient (Wildman–Crippen LogP) is 2.83. The van der Waals surface area contributed by atoms with Gasteiger partial charge in [0.2, 0.25) is 0 Å². The van der Waals surface area contributed by atoms with Gasteiger partial charge in [-0.25, -0.2) is 4.68 Å². The summed E-state index contributed by atoms with van der Waals surface area (Å²) >= 11 is 2.06. The lowest BCUT2D eigenvalue weighted by Gasteiger charge is -2.21. The van der Waals surface area contributed by atoms with Crippen molar-refractivity contribution in [2.75, 3.05) is 23.4 Å². The zero-order valence-electron chi connectivity index (χ0n) is 12.5. The van der Waals surface area contributed by atoms with E-state index in [1.807, 2.05) is 36.7 Å². The van der Waals surface area contributed by atoms with Crippen LogP contribution in [-0.4, -0.2) is 38.0 Å². The lowest BCUT2D eigenvalue weighted by molar-refractivity contribution is 0.515. The molecule has 0 unspecified atom stereocenters. The number of anilines is 1.